The third-order valence-electron chi connectivity index (χ3n) is 2.84. The Morgan fingerprint density at radius 3 is 2.37 bits per heavy atom. The van der Waals surface area contributed by atoms with E-state index in [1.54, 1.807) is 0 Å². The maximum Gasteiger partial charge on any atom is 0.0401 e. The average molecular weight is 319 g/mol. The molecule has 0 radical (unpaired) electrons. The van der Waals surface area contributed by atoms with Crippen molar-refractivity contribution in [2.75, 3.05) is 19.4 Å². The predicted molar refractivity (Wildman–Crippen MR) is 85.3 cm³/mol. The van der Waals surface area contributed by atoms with E-state index in [-0.39, 0.29) is 0 Å². The van der Waals surface area contributed by atoms with E-state index >= 15 is 0 Å². The van der Waals surface area contributed by atoms with Gasteiger partial charge in [0.15, 0.2) is 0 Å². The Balaban J connectivity index is 1.93. The number of nitrogens with one attached hydrogen (secondary N) is 1. The zero-order valence-corrected chi connectivity index (χ0v) is 12.9. The van der Waals surface area contributed by atoms with E-state index < -0.39 is 0 Å². The summed E-state index contributed by atoms with van der Waals surface area (Å²) in [6.45, 7) is 1.82. The highest BCUT2D eigenvalue weighted by molar-refractivity contribution is 9.10. The first-order valence-electron chi connectivity index (χ1n) is 6.35. The lowest BCUT2D eigenvalue weighted by molar-refractivity contribution is 0.402. The zero-order chi connectivity index (χ0) is 13.7. The molecule has 2 nitrogen and oxygen atoms in total. The molecule has 0 spiro atoms. The van der Waals surface area contributed by atoms with E-state index in [0.29, 0.717) is 0 Å². The van der Waals surface area contributed by atoms with Gasteiger partial charge in [0.05, 0.1) is 0 Å². The summed E-state index contributed by atoms with van der Waals surface area (Å²) in [5.41, 5.74) is 3.76. The summed E-state index contributed by atoms with van der Waals surface area (Å²) in [6.07, 6.45) is 0. The van der Waals surface area contributed by atoms with Crippen LogP contribution in [0.4, 0.5) is 5.69 Å². The summed E-state index contributed by atoms with van der Waals surface area (Å²) in [4.78, 5) is 2.17. The minimum Gasteiger partial charge on any atom is -0.381 e. The first-order chi connectivity index (χ1) is 9.13. The van der Waals surface area contributed by atoms with Gasteiger partial charge in [-0.2, -0.15) is 0 Å². The van der Waals surface area contributed by atoms with Crippen LogP contribution in [-0.2, 0) is 13.1 Å². The molecule has 0 atom stereocenters. The second-order valence-electron chi connectivity index (χ2n) is 4.92. The van der Waals surface area contributed by atoms with Gasteiger partial charge in [0, 0.05) is 23.2 Å². The first kappa shape index (κ1) is 14.1. The summed E-state index contributed by atoms with van der Waals surface area (Å²) in [7, 11) is 4.17. The number of nitrogens with zero attached hydrogens (tertiary/aromatic N) is 1. The van der Waals surface area contributed by atoms with Gasteiger partial charge in [-0.05, 0) is 49.5 Å². The fraction of sp³-hybridized carbons (Fsp3) is 0.250. The topological polar surface area (TPSA) is 15.3 Å². The van der Waals surface area contributed by atoms with Crippen LogP contribution < -0.4 is 5.32 Å². The maximum atomic E-state index is 3.49. The van der Waals surface area contributed by atoms with Gasteiger partial charge in [-0.3, -0.25) is 0 Å². The highest BCUT2D eigenvalue weighted by atomic mass is 79.9. The molecule has 0 aliphatic carbocycles. The monoisotopic (exact) mass is 318 g/mol. The molecule has 2 rings (SSSR count). The van der Waals surface area contributed by atoms with Crippen LogP contribution in [0.15, 0.2) is 53.0 Å². The quantitative estimate of drug-likeness (QED) is 0.892. The molecule has 0 aliphatic heterocycles. The normalized spacial score (nSPS) is 10.7. The molecule has 0 aliphatic rings. The van der Waals surface area contributed by atoms with Crippen LogP contribution in [0.3, 0.4) is 0 Å². The largest absolute Gasteiger partial charge is 0.381 e. The highest BCUT2D eigenvalue weighted by Gasteiger charge is 1.97. The van der Waals surface area contributed by atoms with Crippen molar-refractivity contribution < 1.29 is 0 Å². The maximum absolute atomic E-state index is 3.49. The molecular formula is C16H19BrN2. The van der Waals surface area contributed by atoms with Gasteiger partial charge in [0.2, 0.25) is 0 Å². The third-order valence-corrected chi connectivity index (χ3v) is 3.33. The van der Waals surface area contributed by atoms with E-state index in [1.165, 1.54) is 11.1 Å². The minimum absolute atomic E-state index is 0.840. The van der Waals surface area contributed by atoms with Gasteiger partial charge in [0.1, 0.15) is 0 Å². The number of anilines is 1. The summed E-state index contributed by atoms with van der Waals surface area (Å²) >= 11 is 3.49. The van der Waals surface area contributed by atoms with Crippen LogP contribution in [0.2, 0.25) is 0 Å². The molecule has 0 saturated carbocycles. The van der Waals surface area contributed by atoms with Gasteiger partial charge in [0.25, 0.3) is 0 Å². The third kappa shape index (κ3) is 4.69. The SMILES string of the molecule is CN(C)Cc1ccc(NCc2cccc(Br)c2)cc1. The van der Waals surface area contributed by atoms with E-state index in [2.05, 4.69) is 82.7 Å². The Morgan fingerprint density at radius 2 is 1.74 bits per heavy atom. The molecular weight excluding hydrogens is 300 g/mol. The number of rotatable bonds is 5. The second-order valence-corrected chi connectivity index (χ2v) is 5.83. The Morgan fingerprint density at radius 1 is 1.00 bits per heavy atom. The van der Waals surface area contributed by atoms with E-state index in [9.17, 15) is 0 Å². The van der Waals surface area contributed by atoms with Crippen molar-refractivity contribution >= 4 is 21.6 Å². The lowest BCUT2D eigenvalue weighted by Crippen LogP contribution is -2.10. The van der Waals surface area contributed by atoms with Gasteiger partial charge >= 0.3 is 0 Å². The fourth-order valence-electron chi connectivity index (χ4n) is 1.94. The van der Waals surface area contributed by atoms with Crippen molar-refractivity contribution in [3.63, 3.8) is 0 Å². The molecule has 0 unspecified atom stereocenters. The van der Waals surface area contributed by atoms with Crippen molar-refractivity contribution in [1.82, 2.24) is 4.90 Å². The van der Waals surface area contributed by atoms with Crippen molar-refractivity contribution in [2.45, 2.75) is 13.1 Å². The molecule has 0 heterocycles. The second kappa shape index (κ2) is 6.73. The van der Waals surface area contributed by atoms with Crippen LogP contribution >= 0.6 is 15.9 Å². The number of hydrogen-bond donors (Lipinski definition) is 1. The van der Waals surface area contributed by atoms with Crippen LogP contribution in [-0.4, -0.2) is 19.0 Å². The van der Waals surface area contributed by atoms with Crippen molar-refractivity contribution in [3.05, 3.63) is 64.1 Å². The molecule has 0 bridgehead atoms. The summed E-state index contributed by atoms with van der Waals surface area (Å²) in [5, 5.41) is 3.43. The van der Waals surface area contributed by atoms with Gasteiger partial charge in [-0.25, -0.2) is 0 Å². The minimum atomic E-state index is 0.840. The van der Waals surface area contributed by atoms with E-state index in [4.69, 9.17) is 0 Å². The molecule has 0 saturated heterocycles. The summed E-state index contributed by atoms with van der Waals surface area (Å²) in [5.74, 6) is 0. The van der Waals surface area contributed by atoms with Crippen molar-refractivity contribution in [1.29, 1.82) is 0 Å². The molecule has 0 aromatic heterocycles. The Bertz CT molecular complexity index is 521. The predicted octanol–water partition coefficient (Wildman–Crippen LogP) is 4.12. The molecule has 19 heavy (non-hydrogen) atoms. The van der Waals surface area contributed by atoms with E-state index in [0.717, 1.165) is 23.2 Å². The zero-order valence-electron chi connectivity index (χ0n) is 11.4. The smallest absolute Gasteiger partial charge is 0.0401 e. The number of hydrogen-bond acceptors (Lipinski definition) is 2. The van der Waals surface area contributed by atoms with Crippen LogP contribution in [0.5, 0.6) is 0 Å². The molecule has 0 amide bonds. The van der Waals surface area contributed by atoms with Crippen LogP contribution in [0, 0.1) is 0 Å². The summed E-state index contributed by atoms with van der Waals surface area (Å²) in [6, 6.07) is 17.0. The lowest BCUT2D eigenvalue weighted by atomic mass is 10.2. The standard InChI is InChI=1S/C16H19BrN2/c1-19(2)12-13-6-8-16(9-7-13)18-11-14-4-3-5-15(17)10-14/h3-10,18H,11-12H2,1-2H3. The van der Waals surface area contributed by atoms with Crippen molar-refractivity contribution in [2.24, 2.45) is 0 Å². The van der Waals surface area contributed by atoms with Gasteiger partial charge in [-0.15, -0.1) is 0 Å². The Hall–Kier alpha value is -1.32. The molecule has 3 heteroatoms. The van der Waals surface area contributed by atoms with Crippen LogP contribution in [0.25, 0.3) is 0 Å². The highest BCUT2D eigenvalue weighted by Crippen LogP contribution is 2.15. The molecule has 2 aromatic carbocycles. The molecule has 2 aromatic rings. The average Bonchev–Trinajstić information content (AvgIpc) is 2.37. The van der Waals surface area contributed by atoms with Gasteiger partial charge in [-0.1, -0.05) is 40.2 Å². The molecule has 0 fully saturated rings. The Labute approximate surface area is 123 Å². The Kier molecular flexibility index (Phi) is 5.00. The van der Waals surface area contributed by atoms with Crippen molar-refractivity contribution in [3.8, 4) is 0 Å². The number of halogens is 1. The molecule has 1 N–H and O–H groups in total. The fourth-order valence-corrected chi connectivity index (χ4v) is 2.39. The van der Waals surface area contributed by atoms with Crippen LogP contribution in [0.1, 0.15) is 11.1 Å². The lowest BCUT2D eigenvalue weighted by Gasteiger charge is -2.11. The van der Waals surface area contributed by atoms with Gasteiger partial charge < -0.3 is 10.2 Å². The summed E-state index contributed by atoms with van der Waals surface area (Å²) < 4.78 is 1.12. The number of benzene rings is 2. The first-order valence-corrected chi connectivity index (χ1v) is 7.15. The molecule has 100 valence electrons. The van der Waals surface area contributed by atoms with E-state index in [1.807, 2.05) is 6.07 Å².